The number of unbranched alkanes of at least 4 members (excludes halogenated alkanes) is 7. The van der Waals surface area contributed by atoms with Crippen molar-refractivity contribution in [3.63, 3.8) is 0 Å². The van der Waals surface area contributed by atoms with E-state index in [0.29, 0.717) is 0 Å². The highest BCUT2D eigenvalue weighted by atomic mass is 14.8. The third-order valence-electron chi connectivity index (χ3n) is 3.87. The first-order valence-corrected chi connectivity index (χ1v) is 8.68. The van der Waals surface area contributed by atoms with E-state index >= 15 is 0 Å². The average molecular weight is 275 g/mol. The van der Waals surface area contributed by atoms with E-state index in [1.54, 1.807) is 0 Å². The maximum absolute atomic E-state index is 3.57. The van der Waals surface area contributed by atoms with Crippen molar-refractivity contribution < 1.29 is 0 Å². The minimum atomic E-state index is 1.18. The standard InChI is InChI=1S/C19H33N/c1-2-3-4-5-6-7-12-17-20-18-13-11-16-19-14-9-8-10-15-19/h8-10,14-15,20H,2-7,11-13,16-18H2,1H3. The van der Waals surface area contributed by atoms with E-state index < -0.39 is 0 Å². The zero-order valence-corrected chi connectivity index (χ0v) is 13.4. The molecular formula is C19H33N. The first-order valence-electron chi connectivity index (χ1n) is 8.68. The quantitative estimate of drug-likeness (QED) is 0.478. The molecule has 1 aromatic rings. The number of rotatable bonds is 13. The van der Waals surface area contributed by atoms with Crippen LogP contribution in [0.1, 0.15) is 70.3 Å². The average Bonchev–Trinajstić information content (AvgIpc) is 2.49. The van der Waals surface area contributed by atoms with E-state index in [4.69, 9.17) is 0 Å². The fourth-order valence-corrected chi connectivity index (χ4v) is 2.56. The highest BCUT2D eigenvalue weighted by molar-refractivity contribution is 5.14. The lowest BCUT2D eigenvalue weighted by atomic mass is 10.1. The molecule has 0 atom stereocenters. The van der Waals surface area contributed by atoms with Crippen molar-refractivity contribution in [3.8, 4) is 0 Å². The predicted octanol–water partition coefficient (Wildman–Crippen LogP) is 5.35. The van der Waals surface area contributed by atoms with E-state index in [0.717, 1.165) is 0 Å². The smallest absolute Gasteiger partial charge is 0.00488 e. The van der Waals surface area contributed by atoms with Crippen LogP contribution in [-0.4, -0.2) is 13.1 Å². The second-order valence-corrected chi connectivity index (χ2v) is 5.81. The van der Waals surface area contributed by atoms with Crippen LogP contribution in [-0.2, 0) is 6.42 Å². The maximum Gasteiger partial charge on any atom is -0.00488 e. The summed E-state index contributed by atoms with van der Waals surface area (Å²) in [7, 11) is 0. The van der Waals surface area contributed by atoms with E-state index in [1.807, 2.05) is 0 Å². The second-order valence-electron chi connectivity index (χ2n) is 5.81. The van der Waals surface area contributed by atoms with Gasteiger partial charge < -0.3 is 5.32 Å². The molecule has 0 spiro atoms. The van der Waals surface area contributed by atoms with Crippen molar-refractivity contribution >= 4 is 0 Å². The zero-order valence-electron chi connectivity index (χ0n) is 13.4. The van der Waals surface area contributed by atoms with Crippen LogP contribution in [0.15, 0.2) is 30.3 Å². The Morgan fingerprint density at radius 2 is 1.30 bits per heavy atom. The monoisotopic (exact) mass is 275 g/mol. The fraction of sp³-hybridized carbons (Fsp3) is 0.684. The van der Waals surface area contributed by atoms with Crippen LogP contribution in [0.25, 0.3) is 0 Å². The lowest BCUT2D eigenvalue weighted by Crippen LogP contribution is -2.16. The Balaban J connectivity index is 1.77. The Kier molecular flexibility index (Phi) is 11.4. The van der Waals surface area contributed by atoms with Crippen molar-refractivity contribution in [2.75, 3.05) is 13.1 Å². The van der Waals surface area contributed by atoms with Crippen molar-refractivity contribution in [1.29, 1.82) is 0 Å². The molecule has 0 saturated heterocycles. The van der Waals surface area contributed by atoms with E-state index in [9.17, 15) is 0 Å². The van der Waals surface area contributed by atoms with Gasteiger partial charge in [0.15, 0.2) is 0 Å². The molecule has 0 heterocycles. The van der Waals surface area contributed by atoms with Gasteiger partial charge in [-0.3, -0.25) is 0 Å². The molecule has 0 bridgehead atoms. The lowest BCUT2D eigenvalue weighted by Gasteiger charge is -2.05. The normalized spacial score (nSPS) is 10.8. The molecule has 0 aliphatic rings. The Morgan fingerprint density at radius 1 is 0.700 bits per heavy atom. The number of benzene rings is 1. The molecule has 20 heavy (non-hydrogen) atoms. The first kappa shape index (κ1) is 17.2. The molecule has 1 heteroatoms. The summed E-state index contributed by atoms with van der Waals surface area (Å²) in [4.78, 5) is 0. The van der Waals surface area contributed by atoms with Crippen LogP contribution in [0.5, 0.6) is 0 Å². The van der Waals surface area contributed by atoms with Crippen molar-refractivity contribution in [2.45, 2.75) is 71.1 Å². The van der Waals surface area contributed by atoms with Gasteiger partial charge in [0.05, 0.1) is 0 Å². The molecule has 114 valence electrons. The highest BCUT2D eigenvalue weighted by Gasteiger charge is 1.93. The van der Waals surface area contributed by atoms with Gasteiger partial charge in [-0.1, -0.05) is 75.8 Å². The van der Waals surface area contributed by atoms with E-state index in [2.05, 4.69) is 42.6 Å². The Morgan fingerprint density at radius 3 is 2.00 bits per heavy atom. The van der Waals surface area contributed by atoms with Crippen LogP contribution in [0.2, 0.25) is 0 Å². The van der Waals surface area contributed by atoms with Crippen molar-refractivity contribution in [1.82, 2.24) is 5.32 Å². The number of hydrogen-bond donors (Lipinski definition) is 1. The SMILES string of the molecule is CCCCCCCCCNCCCCc1ccccc1. The topological polar surface area (TPSA) is 12.0 Å². The van der Waals surface area contributed by atoms with Gasteiger partial charge in [0.2, 0.25) is 0 Å². The molecule has 1 aromatic carbocycles. The minimum Gasteiger partial charge on any atom is -0.317 e. The molecule has 0 fully saturated rings. The minimum absolute atomic E-state index is 1.18. The number of aryl methyl sites for hydroxylation is 1. The van der Waals surface area contributed by atoms with Crippen LogP contribution >= 0.6 is 0 Å². The Bertz CT molecular complexity index is 294. The number of nitrogens with one attached hydrogen (secondary N) is 1. The van der Waals surface area contributed by atoms with E-state index in [1.165, 1.54) is 82.9 Å². The third-order valence-corrected chi connectivity index (χ3v) is 3.87. The van der Waals surface area contributed by atoms with Crippen molar-refractivity contribution in [2.24, 2.45) is 0 Å². The summed E-state index contributed by atoms with van der Waals surface area (Å²) in [6, 6.07) is 10.8. The summed E-state index contributed by atoms with van der Waals surface area (Å²) < 4.78 is 0. The number of hydrogen-bond acceptors (Lipinski definition) is 1. The summed E-state index contributed by atoms with van der Waals surface area (Å²) in [5, 5.41) is 3.57. The Hall–Kier alpha value is -0.820. The fourth-order valence-electron chi connectivity index (χ4n) is 2.56. The molecule has 0 saturated carbocycles. The summed E-state index contributed by atoms with van der Waals surface area (Å²) in [5.41, 5.74) is 1.47. The van der Waals surface area contributed by atoms with Crippen LogP contribution in [0.3, 0.4) is 0 Å². The van der Waals surface area contributed by atoms with Gasteiger partial charge in [-0.15, -0.1) is 0 Å². The molecule has 0 radical (unpaired) electrons. The second kappa shape index (κ2) is 13.2. The highest BCUT2D eigenvalue weighted by Crippen LogP contribution is 2.06. The third kappa shape index (κ3) is 10.0. The molecule has 1 nitrogen and oxygen atoms in total. The van der Waals surface area contributed by atoms with Gasteiger partial charge in [-0.25, -0.2) is 0 Å². The molecule has 0 aliphatic carbocycles. The van der Waals surface area contributed by atoms with Crippen LogP contribution < -0.4 is 5.32 Å². The largest absolute Gasteiger partial charge is 0.317 e. The van der Waals surface area contributed by atoms with Gasteiger partial charge in [0.25, 0.3) is 0 Å². The van der Waals surface area contributed by atoms with Gasteiger partial charge in [0, 0.05) is 0 Å². The summed E-state index contributed by atoms with van der Waals surface area (Å²) >= 11 is 0. The molecule has 0 unspecified atom stereocenters. The summed E-state index contributed by atoms with van der Waals surface area (Å²) in [6.07, 6.45) is 13.6. The molecule has 1 rings (SSSR count). The van der Waals surface area contributed by atoms with Crippen LogP contribution in [0, 0.1) is 0 Å². The zero-order chi connectivity index (χ0) is 14.3. The van der Waals surface area contributed by atoms with Gasteiger partial charge in [-0.2, -0.15) is 0 Å². The Labute approximate surface area is 126 Å². The molecule has 0 amide bonds. The summed E-state index contributed by atoms with van der Waals surface area (Å²) in [5.74, 6) is 0. The van der Waals surface area contributed by atoms with E-state index in [-0.39, 0.29) is 0 Å². The molecule has 0 aromatic heterocycles. The predicted molar refractivity (Wildman–Crippen MR) is 90.2 cm³/mol. The summed E-state index contributed by atoms with van der Waals surface area (Å²) in [6.45, 7) is 4.67. The van der Waals surface area contributed by atoms with Crippen molar-refractivity contribution in [3.05, 3.63) is 35.9 Å². The lowest BCUT2D eigenvalue weighted by molar-refractivity contribution is 0.552. The molecule has 1 N–H and O–H groups in total. The molecule has 0 aliphatic heterocycles. The molecular weight excluding hydrogens is 242 g/mol. The van der Waals surface area contributed by atoms with Crippen LogP contribution in [0.4, 0.5) is 0 Å². The van der Waals surface area contributed by atoms with Gasteiger partial charge in [0.1, 0.15) is 0 Å². The van der Waals surface area contributed by atoms with Gasteiger partial charge in [-0.05, 0) is 44.3 Å². The van der Waals surface area contributed by atoms with Gasteiger partial charge >= 0.3 is 0 Å². The first-order chi connectivity index (χ1) is 9.93. The maximum atomic E-state index is 3.57.